The van der Waals surface area contributed by atoms with Gasteiger partial charge in [-0.3, -0.25) is 4.68 Å². The molecule has 0 saturated carbocycles. The highest BCUT2D eigenvalue weighted by atomic mass is 32.1. The molecule has 2 aromatic heterocycles. The van der Waals surface area contributed by atoms with E-state index in [-0.39, 0.29) is 6.04 Å². The van der Waals surface area contributed by atoms with Gasteiger partial charge in [-0.25, -0.2) is 0 Å². The van der Waals surface area contributed by atoms with Gasteiger partial charge < -0.3 is 4.90 Å². The summed E-state index contributed by atoms with van der Waals surface area (Å²) in [4.78, 5) is 2.06. The average molecular weight is 317 g/mol. The van der Waals surface area contributed by atoms with Gasteiger partial charge in [0.1, 0.15) is 5.01 Å². The molecule has 1 saturated heterocycles. The Morgan fingerprint density at radius 2 is 2.14 bits per heavy atom. The number of piperidine rings is 1. The van der Waals surface area contributed by atoms with Crippen molar-refractivity contribution < 1.29 is 13.2 Å². The molecule has 1 aliphatic rings. The van der Waals surface area contributed by atoms with Crippen LogP contribution >= 0.6 is 11.3 Å². The first-order valence-electron chi connectivity index (χ1n) is 6.61. The van der Waals surface area contributed by atoms with Crippen LogP contribution in [-0.2, 0) is 6.18 Å². The smallest absolute Gasteiger partial charge is 0.345 e. The first-order valence-corrected chi connectivity index (χ1v) is 7.42. The third-order valence-electron chi connectivity index (χ3n) is 3.46. The molecule has 0 spiro atoms. The lowest BCUT2D eigenvalue weighted by atomic mass is 10.1. The Balaban J connectivity index is 1.75. The third kappa shape index (κ3) is 3.02. The van der Waals surface area contributed by atoms with Crippen molar-refractivity contribution in [3.63, 3.8) is 0 Å². The van der Waals surface area contributed by atoms with Crippen molar-refractivity contribution in [1.82, 2.24) is 20.0 Å². The Labute approximate surface area is 123 Å². The lowest BCUT2D eigenvalue weighted by Crippen LogP contribution is -2.36. The molecule has 1 atom stereocenters. The van der Waals surface area contributed by atoms with E-state index in [9.17, 15) is 13.2 Å². The zero-order valence-corrected chi connectivity index (χ0v) is 12.2. The van der Waals surface area contributed by atoms with Crippen LogP contribution in [0.25, 0.3) is 0 Å². The van der Waals surface area contributed by atoms with Crippen LogP contribution in [0.3, 0.4) is 0 Å². The van der Waals surface area contributed by atoms with Crippen LogP contribution in [0.1, 0.15) is 29.6 Å². The lowest BCUT2D eigenvalue weighted by molar-refractivity contribution is -0.141. The molecule has 0 N–H and O–H groups in total. The fourth-order valence-electron chi connectivity index (χ4n) is 2.45. The quantitative estimate of drug-likeness (QED) is 0.854. The van der Waals surface area contributed by atoms with E-state index in [1.807, 2.05) is 6.92 Å². The van der Waals surface area contributed by atoms with Crippen molar-refractivity contribution in [3.05, 3.63) is 23.0 Å². The number of hydrogen-bond donors (Lipinski definition) is 0. The van der Waals surface area contributed by atoms with E-state index in [1.165, 1.54) is 22.2 Å². The van der Waals surface area contributed by atoms with E-state index in [2.05, 4.69) is 20.2 Å². The Morgan fingerprint density at radius 3 is 2.76 bits per heavy atom. The van der Waals surface area contributed by atoms with Crippen LogP contribution in [0.4, 0.5) is 18.3 Å². The predicted octanol–water partition coefficient (Wildman–Crippen LogP) is 2.90. The highest BCUT2D eigenvalue weighted by Gasteiger charge is 2.34. The van der Waals surface area contributed by atoms with Crippen molar-refractivity contribution in [2.75, 3.05) is 18.0 Å². The summed E-state index contributed by atoms with van der Waals surface area (Å²) in [6.07, 6.45) is -1.28. The number of halogens is 3. The van der Waals surface area contributed by atoms with Crippen LogP contribution in [-0.4, -0.2) is 33.1 Å². The maximum atomic E-state index is 12.6. The average Bonchev–Trinajstić information content (AvgIpc) is 3.07. The van der Waals surface area contributed by atoms with Crippen LogP contribution in [0.2, 0.25) is 0 Å². The molecule has 3 rings (SSSR count). The number of anilines is 1. The standard InChI is InChI=1S/C12H14F3N5S/c1-8-16-17-11(21-8)19-5-2-3-9(7-19)20-6-4-10(18-20)12(13,14)15/h4,6,9H,2-3,5,7H2,1H3. The normalized spacial score (nSPS) is 20.0. The Hall–Kier alpha value is -1.64. The molecule has 5 nitrogen and oxygen atoms in total. The SMILES string of the molecule is Cc1nnc(N2CCCC(n3ccc(C(F)(F)F)n3)C2)s1. The van der Waals surface area contributed by atoms with E-state index >= 15 is 0 Å². The Bertz CT molecular complexity index is 620. The van der Waals surface area contributed by atoms with Crippen molar-refractivity contribution in [1.29, 1.82) is 0 Å². The van der Waals surface area contributed by atoms with E-state index in [0.29, 0.717) is 6.54 Å². The largest absolute Gasteiger partial charge is 0.435 e. The number of hydrogen-bond acceptors (Lipinski definition) is 5. The van der Waals surface area contributed by atoms with E-state index in [0.717, 1.165) is 35.6 Å². The highest BCUT2D eigenvalue weighted by Crippen LogP contribution is 2.31. The summed E-state index contributed by atoms with van der Waals surface area (Å²) in [5.41, 5.74) is -0.841. The molecule has 1 aliphatic heterocycles. The number of aromatic nitrogens is 4. The van der Waals surface area contributed by atoms with E-state index in [1.54, 1.807) is 0 Å². The maximum absolute atomic E-state index is 12.6. The van der Waals surface area contributed by atoms with Gasteiger partial charge in [-0.05, 0) is 25.8 Å². The lowest BCUT2D eigenvalue weighted by Gasteiger charge is -2.32. The van der Waals surface area contributed by atoms with Gasteiger partial charge in [-0.15, -0.1) is 10.2 Å². The van der Waals surface area contributed by atoms with Gasteiger partial charge in [0, 0.05) is 19.3 Å². The van der Waals surface area contributed by atoms with Gasteiger partial charge in [-0.2, -0.15) is 18.3 Å². The molecular formula is C12H14F3N5S. The van der Waals surface area contributed by atoms with Crippen LogP contribution in [0, 0.1) is 6.92 Å². The first-order chi connectivity index (χ1) is 9.93. The fourth-order valence-corrected chi connectivity index (χ4v) is 3.17. The molecule has 0 aliphatic carbocycles. The topological polar surface area (TPSA) is 46.8 Å². The summed E-state index contributed by atoms with van der Waals surface area (Å²) in [6, 6.07) is 0.952. The van der Waals surface area contributed by atoms with Gasteiger partial charge in [0.25, 0.3) is 0 Å². The van der Waals surface area contributed by atoms with Gasteiger partial charge >= 0.3 is 6.18 Å². The van der Waals surface area contributed by atoms with Gasteiger partial charge in [0.2, 0.25) is 5.13 Å². The molecule has 0 radical (unpaired) electrons. The van der Waals surface area contributed by atoms with Crippen LogP contribution in [0.5, 0.6) is 0 Å². The molecule has 114 valence electrons. The van der Waals surface area contributed by atoms with Gasteiger partial charge in [0.15, 0.2) is 5.69 Å². The molecule has 1 unspecified atom stereocenters. The van der Waals surface area contributed by atoms with E-state index in [4.69, 9.17) is 0 Å². The fraction of sp³-hybridized carbons (Fsp3) is 0.583. The number of nitrogens with zero attached hydrogens (tertiary/aromatic N) is 5. The molecular weight excluding hydrogens is 303 g/mol. The minimum absolute atomic E-state index is 0.0703. The summed E-state index contributed by atoms with van der Waals surface area (Å²) in [6.45, 7) is 3.33. The summed E-state index contributed by atoms with van der Waals surface area (Å²) < 4.78 is 39.2. The van der Waals surface area contributed by atoms with Crippen LogP contribution < -0.4 is 4.90 Å². The number of alkyl halides is 3. The molecule has 0 aromatic carbocycles. The zero-order chi connectivity index (χ0) is 15.0. The van der Waals surface area contributed by atoms with E-state index < -0.39 is 11.9 Å². The minimum Gasteiger partial charge on any atom is -0.345 e. The molecule has 0 amide bonds. The second kappa shape index (κ2) is 5.28. The number of aryl methyl sites for hydroxylation is 1. The second-order valence-electron chi connectivity index (χ2n) is 5.02. The molecule has 3 heterocycles. The van der Waals surface area contributed by atoms with Crippen molar-refractivity contribution >= 4 is 16.5 Å². The molecule has 0 bridgehead atoms. The summed E-state index contributed by atoms with van der Waals surface area (Å²) in [7, 11) is 0. The summed E-state index contributed by atoms with van der Waals surface area (Å²) in [5, 5.41) is 13.4. The molecule has 21 heavy (non-hydrogen) atoms. The Kier molecular flexibility index (Phi) is 3.60. The molecule has 1 fully saturated rings. The zero-order valence-electron chi connectivity index (χ0n) is 11.3. The van der Waals surface area contributed by atoms with Crippen LogP contribution in [0.15, 0.2) is 12.3 Å². The van der Waals surface area contributed by atoms with Crippen molar-refractivity contribution in [3.8, 4) is 0 Å². The highest BCUT2D eigenvalue weighted by molar-refractivity contribution is 7.15. The van der Waals surface area contributed by atoms with Crippen molar-refractivity contribution in [2.24, 2.45) is 0 Å². The monoisotopic (exact) mass is 317 g/mol. The third-order valence-corrected chi connectivity index (χ3v) is 4.35. The number of rotatable bonds is 2. The molecule has 9 heteroatoms. The predicted molar refractivity (Wildman–Crippen MR) is 72.4 cm³/mol. The Morgan fingerprint density at radius 1 is 1.33 bits per heavy atom. The first kappa shape index (κ1) is 14.3. The van der Waals surface area contributed by atoms with Gasteiger partial charge in [0.05, 0.1) is 6.04 Å². The summed E-state index contributed by atoms with van der Waals surface area (Å²) in [5.74, 6) is 0. The maximum Gasteiger partial charge on any atom is 0.435 e. The molecule has 2 aromatic rings. The second-order valence-corrected chi connectivity index (χ2v) is 6.18. The van der Waals surface area contributed by atoms with Crippen molar-refractivity contribution in [2.45, 2.75) is 32.0 Å². The summed E-state index contributed by atoms with van der Waals surface area (Å²) >= 11 is 1.49. The van der Waals surface area contributed by atoms with Gasteiger partial charge in [-0.1, -0.05) is 11.3 Å². The minimum atomic E-state index is -4.39.